The number of halogens is 1. The molecule has 0 saturated carbocycles. The molecule has 1 rings (SSSR count). The van der Waals surface area contributed by atoms with Gasteiger partial charge in [0.05, 0.1) is 5.60 Å². The van der Waals surface area contributed by atoms with Crippen LogP contribution in [-0.2, 0) is 4.74 Å². The number of hydrazine groups is 1. The maximum Gasteiger partial charge on any atom is 0.0623 e. The van der Waals surface area contributed by atoms with Crippen LogP contribution in [-0.4, -0.2) is 12.7 Å². The van der Waals surface area contributed by atoms with Crippen LogP contribution in [0.4, 0.5) is 5.69 Å². The smallest absolute Gasteiger partial charge is 0.0623 e. The minimum atomic E-state index is -0.157. The first kappa shape index (κ1) is 15.4. The lowest BCUT2D eigenvalue weighted by atomic mass is 9.94. The Morgan fingerprint density at radius 3 is 2.67 bits per heavy atom. The molecular formula is C13H22BrN3O. The average molecular weight is 316 g/mol. The normalized spacial score (nSPS) is 13.6. The van der Waals surface area contributed by atoms with Crippen molar-refractivity contribution in [1.29, 1.82) is 0 Å². The summed E-state index contributed by atoms with van der Waals surface area (Å²) in [6.45, 7) is 4.12. The molecule has 1 unspecified atom stereocenters. The van der Waals surface area contributed by atoms with E-state index in [0.29, 0.717) is 0 Å². The van der Waals surface area contributed by atoms with Gasteiger partial charge in [-0.25, -0.2) is 0 Å². The largest absolute Gasteiger partial charge is 0.398 e. The molecule has 5 N–H and O–H groups in total. The lowest BCUT2D eigenvalue weighted by molar-refractivity contribution is 0.0117. The summed E-state index contributed by atoms with van der Waals surface area (Å²) >= 11 is 3.45. The van der Waals surface area contributed by atoms with Crippen LogP contribution in [0.5, 0.6) is 0 Å². The molecule has 0 aliphatic heterocycles. The van der Waals surface area contributed by atoms with Crippen LogP contribution < -0.4 is 17.0 Å². The standard InChI is InChI=1S/C13H22BrN3O/c1-13(2,18-3)7-6-12(17-16)10-8-9(14)4-5-11(10)15/h4-5,8,12,17H,6-7,15-16H2,1-3H3. The van der Waals surface area contributed by atoms with Crippen molar-refractivity contribution in [2.75, 3.05) is 12.8 Å². The molecule has 0 aromatic heterocycles. The number of nitrogen functional groups attached to an aromatic ring is 1. The fourth-order valence-corrected chi connectivity index (χ4v) is 2.15. The first-order chi connectivity index (χ1) is 8.39. The maximum atomic E-state index is 5.99. The van der Waals surface area contributed by atoms with Gasteiger partial charge in [-0.15, -0.1) is 0 Å². The van der Waals surface area contributed by atoms with Crippen LogP contribution >= 0.6 is 15.9 Å². The van der Waals surface area contributed by atoms with Crippen molar-refractivity contribution in [2.45, 2.75) is 38.3 Å². The van der Waals surface area contributed by atoms with E-state index in [1.807, 2.05) is 18.2 Å². The van der Waals surface area contributed by atoms with Gasteiger partial charge in [0, 0.05) is 23.3 Å². The molecule has 0 fully saturated rings. The van der Waals surface area contributed by atoms with Gasteiger partial charge in [0.1, 0.15) is 0 Å². The molecule has 0 spiro atoms. The molecule has 1 aromatic rings. The summed E-state index contributed by atoms with van der Waals surface area (Å²) < 4.78 is 6.41. The van der Waals surface area contributed by atoms with Crippen molar-refractivity contribution >= 4 is 21.6 Å². The molecular weight excluding hydrogens is 294 g/mol. The first-order valence-electron chi connectivity index (χ1n) is 5.96. The zero-order valence-electron chi connectivity index (χ0n) is 11.2. The Labute approximate surface area is 117 Å². The van der Waals surface area contributed by atoms with E-state index in [0.717, 1.165) is 28.6 Å². The second kappa shape index (κ2) is 6.52. The number of ether oxygens (including phenoxy) is 1. The Hall–Kier alpha value is -0.620. The second-order valence-electron chi connectivity index (χ2n) is 4.99. The molecule has 0 aliphatic rings. The predicted octanol–water partition coefficient (Wildman–Crippen LogP) is 2.74. The number of nitrogens with one attached hydrogen (secondary N) is 1. The monoisotopic (exact) mass is 315 g/mol. The summed E-state index contributed by atoms with van der Waals surface area (Å²) in [6, 6.07) is 5.83. The fourth-order valence-electron chi connectivity index (χ4n) is 1.77. The Bertz CT molecular complexity index is 396. The van der Waals surface area contributed by atoms with Crippen LogP contribution in [0.3, 0.4) is 0 Å². The molecule has 102 valence electrons. The lowest BCUT2D eigenvalue weighted by Crippen LogP contribution is -2.31. The SMILES string of the molecule is COC(C)(C)CCC(NN)c1cc(Br)ccc1N. The van der Waals surface area contributed by atoms with Crippen LogP contribution in [0, 0.1) is 0 Å². The number of hydrogen-bond acceptors (Lipinski definition) is 4. The van der Waals surface area contributed by atoms with E-state index < -0.39 is 0 Å². The van der Waals surface area contributed by atoms with Crippen LogP contribution in [0.1, 0.15) is 38.3 Å². The molecule has 18 heavy (non-hydrogen) atoms. The highest BCUT2D eigenvalue weighted by molar-refractivity contribution is 9.10. The first-order valence-corrected chi connectivity index (χ1v) is 6.75. The van der Waals surface area contributed by atoms with E-state index in [1.54, 1.807) is 7.11 Å². The van der Waals surface area contributed by atoms with Gasteiger partial charge in [-0.2, -0.15) is 0 Å². The highest BCUT2D eigenvalue weighted by Crippen LogP contribution is 2.29. The minimum absolute atomic E-state index is 0.0249. The minimum Gasteiger partial charge on any atom is -0.398 e. The predicted molar refractivity (Wildman–Crippen MR) is 78.9 cm³/mol. The third-order valence-electron chi connectivity index (χ3n) is 3.21. The fraction of sp³-hybridized carbons (Fsp3) is 0.538. The highest BCUT2D eigenvalue weighted by atomic mass is 79.9. The number of rotatable bonds is 6. The van der Waals surface area contributed by atoms with Crippen molar-refractivity contribution in [1.82, 2.24) is 5.43 Å². The molecule has 0 saturated heterocycles. The summed E-state index contributed by atoms with van der Waals surface area (Å²) in [7, 11) is 1.72. The third kappa shape index (κ3) is 4.24. The van der Waals surface area contributed by atoms with Crippen molar-refractivity contribution in [3.63, 3.8) is 0 Å². The van der Waals surface area contributed by atoms with Crippen molar-refractivity contribution in [3.05, 3.63) is 28.2 Å². The summed E-state index contributed by atoms with van der Waals surface area (Å²) in [5.74, 6) is 5.63. The topological polar surface area (TPSA) is 73.3 Å². The van der Waals surface area contributed by atoms with Crippen LogP contribution in [0.25, 0.3) is 0 Å². The Balaban J connectivity index is 2.80. The number of benzene rings is 1. The number of anilines is 1. The van der Waals surface area contributed by atoms with Gasteiger partial charge in [0.2, 0.25) is 0 Å². The molecule has 1 aromatic carbocycles. The Kier molecular flexibility index (Phi) is 5.59. The second-order valence-corrected chi connectivity index (χ2v) is 5.91. The average Bonchev–Trinajstić information content (AvgIpc) is 2.34. The molecule has 5 heteroatoms. The Morgan fingerprint density at radius 1 is 1.44 bits per heavy atom. The zero-order valence-corrected chi connectivity index (χ0v) is 12.8. The molecule has 0 heterocycles. The molecule has 0 radical (unpaired) electrons. The van der Waals surface area contributed by atoms with Gasteiger partial charge in [0.15, 0.2) is 0 Å². The molecule has 0 aliphatic carbocycles. The van der Waals surface area contributed by atoms with E-state index >= 15 is 0 Å². The van der Waals surface area contributed by atoms with Gasteiger partial charge in [0.25, 0.3) is 0 Å². The summed E-state index contributed by atoms with van der Waals surface area (Å²) in [4.78, 5) is 0. The van der Waals surface area contributed by atoms with E-state index in [1.165, 1.54) is 0 Å². The van der Waals surface area contributed by atoms with E-state index in [9.17, 15) is 0 Å². The third-order valence-corrected chi connectivity index (χ3v) is 3.71. The van der Waals surface area contributed by atoms with E-state index in [2.05, 4.69) is 35.2 Å². The lowest BCUT2D eigenvalue weighted by Gasteiger charge is -2.26. The molecule has 1 atom stereocenters. The van der Waals surface area contributed by atoms with Crippen molar-refractivity contribution < 1.29 is 4.74 Å². The molecule has 4 nitrogen and oxygen atoms in total. The summed E-state index contributed by atoms with van der Waals surface area (Å²) in [6.07, 6.45) is 1.75. The van der Waals surface area contributed by atoms with Gasteiger partial charge in [-0.3, -0.25) is 11.3 Å². The zero-order chi connectivity index (χ0) is 13.8. The highest BCUT2D eigenvalue weighted by Gasteiger charge is 2.20. The maximum absolute atomic E-state index is 5.99. The van der Waals surface area contributed by atoms with Crippen LogP contribution in [0.2, 0.25) is 0 Å². The number of nitrogens with two attached hydrogens (primary N) is 2. The van der Waals surface area contributed by atoms with Gasteiger partial charge in [-0.1, -0.05) is 15.9 Å². The van der Waals surface area contributed by atoms with Gasteiger partial charge >= 0.3 is 0 Å². The summed E-state index contributed by atoms with van der Waals surface area (Å²) in [5, 5.41) is 0. The summed E-state index contributed by atoms with van der Waals surface area (Å²) in [5.41, 5.74) is 10.4. The number of hydrogen-bond donors (Lipinski definition) is 3. The van der Waals surface area contributed by atoms with Crippen molar-refractivity contribution in [2.24, 2.45) is 5.84 Å². The Morgan fingerprint density at radius 2 is 2.11 bits per heavy atom. The van der Waals surface area contributed by atoms with Gasteiger partial charge < -0.3 is 10.5 Å². The molecule has 0 amide bonds. The van der Waals surface area contributed by atoms with Crippen molar-refractivity contribution in [3.8, 4) is 0 Å². The van der Waals surface area contributed by atoms with Gasteiger partial charge in [-0.05, 0) is 50.5 Å². The van der Waals surface area contributed by atoms with E-state index in [-0.39, 0.29) is 11.6 Å². The van der Waals surface area contributed by atoms with Crippen LogP contribution in [0.15, 0.2) is 22.7 Å². The van der Waals surface area contributed by atoms with E-state index in [4.69, 9.17) is 16.3 Å². The quantitative estimate of drug-likeness (QED) is 0.429. The number of methoxy groups -OCH3 is 1. The molecule has 0 bridgehead atoms.